The van der Waals surface area contributed by atoms with Crippen LogP contribution in [0.1, 0.15) is 20.3 Å². The third-order valence-electron chi connectivity index (χ3n) is 4.86. The van der Waals surface area contributed by atoms with Crippen LogP contribution in [-0.2, 0) is 0 Å². The first-order valence-electron chi connectivity index (χ1n) is 7.63. The van der Waals surface area contributed by atoms with Crippen molar-refractivity contribution in [2.75, 3.05) is 38.1 Å². The molecule has 0 spiro atoms. The molecule has 1 atom stereocenters. The SMILES string of the molecule is C=CN(C)[C@@](C)(CC)N1CCN(c2ccccc2Cl)CC1. The molecule has 1 aliphatic rings. The van der Waals surface area contributed by atoms with Crippen molar-refractivity contribution in [3.05, 3.63) is 42.1 Å². The number of nitrogens with zero attached hydrogens (tertiary/aromatic N) is 3. The van der Waals surface area contributed by atoms with Crippen LogP contribution in [0.5, 0.6) is 0 Å². The second-order valence-electron chi connectivity index (χ2n) is 5.79. The maximum absolute atomic E-state index is 6.31. The largest absolute Gasteiger partial charge is 0.368 e. The lowest BCUT2D eigenvalue weighted by molar-refractivity contribution is -0.0105. The lowest BCUT2D eigenvalue weighted by Gasteiger charge is -2.50. The molecule has 21 heavy (non-hydrogen) atoms. The highest BCUT2D eigenvalue weighted by Gasteiger charge is 2.35. The molecule has 4 heteroatoms. The molecule has 1 aliphatic heterocycles. The van der Waals surface area contributed by atoms with Gasteiger partial charge in [-0.3, -0.25) is 4.90 Å². The first-order chi connectivity index (χ1) is 10.0. The Hall–Kier alpha value is -1.19. The zero-order chi connectivity index (χ0) is 15.5. The summed E-state index contributed by atoms with van der Waals surface area (Å²) in [4.78, 5) is 7.14. The molecule has 0 saturated carbocycles. The Morgan fingerprint density at radius 3 is 2.43 bits per heavy atom. The molecule has 3 nitrogen and oxygen atoms in total. The van der Waals surface area contributed by atoms with E-state index in [1.807, 2.05) is 18.3 Å². The van der Waals surface area contributed by atoms with Crippen molar-refractivity contribution in [1.29, 1.82) is 0 Å². The molecular weight excluding hydrogens is 282 g/mol. The van der Waals surface area contributed by atoms with E-state index in [9.17, 15) is 0 Å². The van der Waals surface area contributed by atoms with Crippen molar-refractivity contribution in [2.24, 2.45) is 0 Å². The third kappa shape index (κ3) is 3.19. The number of para-hydroxylation sites is 1. The van der Waals surface area contributed by atoms with E-state index in [4.69, 9.17) is 11.6 Å². The van der Waals surface area contributed by atoms with Crippen molar-refractivity contribution in [3.8, 4) is 0 Å². The highest BCUT2D eigenvalue weighted by molar-refractivity contribution is 6.33. The van der Waals surface area contributed by atoms with Crippen molar-refractivity contribution in [2.45, 2.75) is 25.9 Å². The molecule has 1 aromatic carbocycles. The zero-order valence-electron chi connectivity index (χ0n) is 13.3. The average Bonchev–Trinajstić information content (AvgIpc) is 2.54. The number of anilines is 1. The molecule has 116 valence electrons. The van der Waals surface area contributed by atoms with E-state index in [2.05, 4.69) is 54.3 Å². The monoisotopic (exact) mass is 307 g/mol. The van der Waals surface area contributed by atoms with Crippen LogP contribution in [0.2, 0.25) is 5.02 Å². The molecule has 0 amide bonds. The second kappa shape index (κ2) is 6.71. The quantitative estimate of drug-likeness (QED) is 0.822. The summed E-state index contributed by atoms with van der Waals surface area (Å²) in [7, 11) is 2.11. The topological polar surface area (TPSA) is 9.72 Å². The molecule has 1 aromatic rings. The predicted octanol–water partition coefficient (Wildman–Crippen LogP) is 3.66. The smallest absolute Gasteiger partial charge is 0.0894 e. The van der Waals surface area contributed by atoms with Gasteiger partial charge < -0.3 is 9.80 Å². The summed E-state index contributed by atoms with van der Waals surface area (Å²) in [6.07, 6.45) is 2.99. The van der Waals surface area contributed by atoms with Gasteiger partial charge in [-0.2, -0.15) is 0 Å². The minimum atomic E-state index is 0.0360. The number of benzene rings is 1. The maximum Gasteiger partial charge on any atom is 0.0894 e. The Labute approximate surface area is 133 Å². The van der Waals surface area contributed by atoms with E-state index in [1.54, 1.807) is 0 Å². The van der Waals surface area contributed by atoms with Crippen LogP contribution in [0.4, 0.5) is 5.69 Å². The van der Waals surface area contributed by atoms with E-state index in [1.165, 1.54) is 0 Å². The number of rotatable bonds is 5. The Morgan fingerprint density at radius 2 is 1.90 bits per heavy atom. The highest BCUT2D eigenvalue weighted by Crippen LogP contribution is 2.29. The van der Waals surface area contributed by atoms with Gasteiger partial charge in [-0.05, 0) is 31.7 Å². The van der Waals surface area contributed by atoms with Crippen molar-refractivity contribution in [1.82, 2.24) is 9.80 Å². The van der Waals surface area contributed by atoms with Crippen LogP contribution in [0.25, 0.3) is 0 Å². The van der Waals surface area contributed by atoms with Gasteiger partial charge in [-0.25, -0.2) is 0 Å². The van der Waals surface area contributed by atoms with Crippen LogP contribution < -0.4 is 4.90 Å². The lowest BCUT2D eigenvalue weighted by atomic mass is 10.0. The molecule has 0 N–H and O–H groups in total. The summed E-state index contributed by atoms with van der Waals surface area (Å²) >= 11 is 6.31. The fourth-order valence-electron chi connectivity index (χ4n) is 3.03. The van der Waals surface area contributed by atoms with Crippen LogP contribution in [0, 0.1) is 0 Å². The Balaban J connectivity index is 2.06. The molecule has 2 rings (SSSR count). The molecule has 1 heterocycles. The van der Waals surface area contributed by atoms with Gasteiger partial charge in [0.1, 0.15) is 0 Å². The fourth-order valence-corrected chi connectivity index (χ4v) is 3.29. The summed E-state index contributed by atoms with van der Waals surface area (Å²) in [5, 5.41) is 0.840. The zero-order valence-corrected chi connectivity index (χ0v) is 14.1. The highest BCUT2D eigenvalue weighted by atomic mass is 35.5. The maximum atomic E-state index is 6.31. The van der Waals surface area contributed by atoms with E-state index in [0.29, 0.717) is 0 Å². The van der Waals surface area contributed by atoms with Gasteiger partial charge in [0.05, 0.1) is 16.4 Å². The van der Waals surface area contributed by atoms with Gasteiger partial charge in [0.25, 0.3) is 0 Å². The van der Waals surface area contributed by atoms with Crippen LogP contribution in [-0.4, -0.2) is 48.7 Å². The molecule has 0 aliphatic carbocycles. The minimum Gasteiger partial charge on any atom is -0.368 e. The van der Waals surface area contributed by atoms with Gasteiger partial charge >= 0.3 is 0 Å². The number of hydrogen-bond acceptors (Lipinski definition) is 3. The molecule has 1 saturated heterocycles. The Morgan fingerprint density at radius 1 is 1.29 bits per heavy atom. The van der Waals surface area contributed by atoms with Crippen LogP contribution in [0.3, 0.4) is 0 Å². The first-order valence-corrected chi connectivity index (χ1v) is 8.00. The number of hydrogen-bond donors (Lipinski definition) is 0. The van der Waals surface area contributed by atoms with E-state index >= 15 is 0 Å². The van der Waals surface area contributed by atoms with Crippen LogP contribution >= 0.6 is 11.6 Å². The minimum absolute atomic E-state index is 0.0360. The molecule has 0 radical (unpaired) electrons. The average molecular weight is 308 g/mol. The third-order valence-corrected chi connectivity index (χ3v) is 5.18. The van der Waals surface area contributed by atoms with E-state index < -0.39 is 0 Å². The first kappa shape index (κ1) is 16.2. The van der Waals surface area contributed by atoms with Crippen molar-refractivity contribution in [3.63, 3.8) is 0 Å². The van der Waals surface area contributed by atoms with E-state index in [-0.39, 0.29) is 5.66 Å². The second-order valence-corrected chi connectivity index (χ2v) is 6.20. The number of piperazine rings is 1. The molecule has 1 fully saturated rings. The summed E-state index contributed by atoms with van der Waals surface area (Å²) in [5.74, 6) is 0. The Bertz CT molecular complexity index is 483. The molecular formula is C17H26ClN3. The summed E-state index contributed by atoms with van der Waals surface area (Å²) in [6.45, 7) is 12.5. The summed E-state index contributed by atoms with van der Waals surface area (Å²) < 4.78 is 0. The molecule has 0 bridgehead atoms. The summed E-state index contributed by atoms with van der Waals surface area (Å²) in [5.41, 5.74) is 1.18. The van der Waals surface area contributed by atoms with Gasteiger partial charge in [0, 0.05) is 33.2 Å². The van der Waals surface area contributed by atoms with Gasteiger partial charge in [-0.1, -0.05) is 37.2 Å². The van der Waals surface area contributed by atoms with Gasteiger partial charge in [0.15, 0.2) is 0 Å². The standard InChI is InChI=1S/C17H26ClN3/c1-5-17(3,19(4)6-2)21-13-11-20(12-14-21)16-10-8-7-9-15(16)18/h6-10H,2,5,11-14H2,1,3-4H3/t17-/m1/s1. The van der Waals surface area contributed by atoms with Crippen molar-refractivity contribution >= 4 is 17.3 Å². The molecule has 0 unspecified atom stereocenters. The molecule has 0 aromatic heterocycles. The van der Waals surface area contributed by atoms with Gasteiger partial charge in [0.2, 0.25) is 0 Å². The predicted molar refractivity (Wildman–Crippen MR) is 91.9 cm³/mol. The summed E-state index contributed by atoms with van der Waals surface area (Å²) in [6, 6.07) is 8.10. The van der Waals surface area contributed by atoms with Gasteiger partial charge in [-0.15, -0.1) is 0 Å². The fraction of sp³-hybridized carbons (Fsp3) is 0.529. The van der Waals surface area contributed by atoms with Crippen molar-refractivity contribution < 1.29 is 0 Å². The lowest BCUT2D eigenvalue weighted by Crippen LogP contribution is -2.61. The normalized spacial score (nSPS) is 19.1. The Kier molecular flexibility index (Phi) is 5.17. The number of halogens is 1. The van der Waals surface area contributed by atoms with E-state index in [0.717, 1.165) is 43.3 Å². The van der Waals surface area contributed by atoms with Crippen LogP contribution in [0.15, 0.2) is 37.0 Å².